The number of nitrogens with two attached hydrogens (primary N) is 1. The number of aryl methyl sites for hydroxylation is 1. The fourth-order valence-corrected chi connectivity index (χ4v) is 1.71. The summed E-state index contributed by atoms with van der Waals surface area (Å²) < 4.78 is 0. The molecule has 0 saturated carbocycles. The van der Waals surface area contributed by atoms with Crippen molar-refractivity contribution in [2.45, 2.75) is 13.8 Å². The summed E-state index contributed by atoms with van der Waals surface area (Å²) in [6.45, 7) is 4.12. The number of anilines is 3. The lowest BCUT2D eigenvalue weighted by molar-refractivity contribution is 1.28. The van der Waals surface area contributed by atoms with Crippen molar-refractivity contribution in [1.29, 1.82) is 0 Å². The molecule has 0 fully saturated rings. The highest BCUT2D eigenvalue weighted by molar-refractivity contribution is 6.29. The standard InChI is InChI=1S/C13H14ClN3/c1-8-4-3-5-11(9(8)2)16-13-10(15)6-7-12(14)17-13/h3-7H,15H2,1-2H3,(H,16,17). The van der Waals surface area contributed by atoms with Crippen molar-refractivity contribution >= 4 is 28.8 Å². The molecule has 0 unspecified atom stereocenters. The molecule has 1 aromatic heterocycles. The molecule has 0 saturated heterocycles. The smallest absolute Gasteiger partial charge is 0.155 e. The predicted molar refractivity (Wildman–Crippen MR) is 72.9 cm³/mol. The maximum absolute atomic E-state index is 5.85. The molecule has 88 valence electrons. The Morgan fingerprint density at radius 3 is 2.71 bits per heavy atom. The van der Waals surface area contributed by atoms with Gasteiger partial charge in [-0.15, -0.1) is 0 Å². The SMILES string of the molecule is Cc1cccc(Nc2nc(Cl)ccc2N)c1C. The number of hydrogen-bond acceptors (Lipinski definition) is 3. The summed E-state index contributed by atoms with van der Waals surface area (Å²) in [5, 5.41) is 3.62. The Hall–Kier alpha value is -1.74. The van der Waals surface area contributed by atoms with Crippen molar-refractivity contribution in [1.82, 2.24) is 4.98 Å². The second kappa shape index (κ2) is 4.63. The van der Waals surface area contributed by atoms with Crippen LogP contribution in [0.4, 0.5) is 17.2 Å². The molecule has 0 aliphatic heterocycles. The molecule has 4 heteroatoms. The average molecular weight is 248 g/mol. The van der Waals surface area contributed by atoms with Crippen LogP contribution >= 0.6 is 11.6 Å². The fourth-order valence-electron chi connectivity index (χ4n) is 1.56. The molecular formula is C13H14ClN3. The van der Waals surface area contributed by atoms with Gasteiger partial charge in [0.1, 0.15) is 5.15 Å². The summed E-state index contributed by atoms with van der Waals surface area (Å²) in [5.41, 5.74) is 9.81. The zero-order valence-corrected chi connectivity index (χ0v) is 10.5. The van der Waals surface area contributed by atoms with Crippen LogP contribution in [0.3, 0.4) is 0 Å². The number of nitrogens with zero attached hydrogens (tertiary/aromatic N) is 1. The third-order valence-electron chi connectivity index (χ3n) is 2.75. The van der Waals surface area contributed by atoms with E-state index < -0.39 is 0 Å². The van der Waals surface area contributed by atoms with Crippen molar-refractivity contribution in [2.75, 3.05) is 11.1 Å². The number of benzene rings is 1. The molecule has 0 aliphatic rings. The molecule has 0 spiro atoms. The van der Waals surface area contributed by atoms with Gasteiger partial charge >= 0.3 is 0 Å². The van der Waals surface area contributed by atoms with E-state index in [1.54, 1.807) is 12.1 Å². The van der Waals surface area contributed by atoms with Crippen LogP contribution in [0.15, 0.2) is 30.3 Å². The molecule has 3 N–H and O–H groups in total. The second-order valence-corrected chi connectivity index (χ2v) is 4.33. The van der Waals surface area contributed by atoms with Crippen molar-refractivity contribution in [2.24, 2.45) is 0 Å². The van der Waals surface area contributed by atoms with Crippen LogP contribution in [0.2, 0.25) is 5.15 Å². The molecule has 1 heterocycles. The van der Waals surface area contributed by atoms with Crippen LogP contribution in [0.1, 0.15) is 11.1 Å². The van der Waals surface area contributed by atoms with Crippen LogP contribution in [-0.2, 0) is 0 Å². The molecule has 0 bridgehead atoms. The molecule has 0 amide bonds. The summed E-state index contributed by atoms with van der Waals surface area (Å²) in [5.74, 6) is 0.589. The van der Waals surface area contributed by atoms with Crippen LogP contribution in [0.25, 0.3) is 0 Å². The first kappa shape index (κ1) is 11.7. The van der Waals surface area contributed by atoms with Gasteiger partial charge in [0.25, 0.3) is 0 Å². The van der Waals surface area contributed by atoms with Crippen LogP contribution < -0.4 is 11.1 Å². The van der Waals surface area contributed by atoms with E-state index in [1.807, 2.05) is 12.1 Å². The lowest BCUT2D eigenvalue weighted by atomic mass is 10.1. The maximum atomic E-state index is 5.85. The zero-order chi connectivity index (χ0) is 12.4. The highest BCUT2D eigenvalue weighted by Gasteiger charge is 2.05. The lowest BCUT2D eigenvalue weighted by Crippen LogP contribution is -2.01. The van der Waals surface area contributed by atoms with E-state index in [4.69, 9.17) is 17.3 Å². The first-order chi connectivity index (χ1) is 8.08. The Kier molecular flexibility index (Phi) is 3.20. The van der Waals surface area contributed by atoms with Crippen molar-refractivity contribution in [3.8, 4) is 0 Å². The van der Waals surface area contributed by atoms with Crippen molar-refractivity contribution < 1.29 is 0 Å². The second-order valence-electron chi connectivity index (χ2n) is 3.94. The number of hydrogen-bond donors (Lipinski definition) is 2. The minimum absolute atomic E-state index is 0.423. The Morgan fingerprint density at radius 2 is 1.94 bits per heavy atom. The van der Waals surface area contributed by atoms with E-state index in [-0.39, 0.29) is 0 Å². The molecule has 2 rings (SSSR count). The summed E-state index contributed by atoms with van der Waals surface area (Å²) >= 11 is 5.85. The zero-order valence-electron chi connectivity index (χ0n) is 9.79. The van der Waals surface area contributed by atoms with E-state index >= 15 is 0 Å². The van der Waals surface area contributed by atoms with Gasteiger partial charge in [-0.3, -0.25) is 0 Å². The van der Waals surface area contributed by atoms with Crippen LogP contribution in [-0.4, -0.2) is 4.98 Å². The largest absolute Gasteiger partial charge is 0.396 e. The van der Waals surface area contributed by atoms with E-state index in [1.165, 1.54) is 11.1 Å². The van der Waals surface area contributed by atoms with Gasteiger partial charge in [0.2, 0.25) is 0 Å². The monoisotopic (exact) mass is 247 g/mol. The normalized spacial score (nSPS) is 10.3. The van der Waals surface area contributed by atoms with E-state index in [9.17, 15) is 0 Å². The van der Waals surface area contributed by atoms with Crippen molar-refractivity contribution in [3.63, 3.8) is 0 Å². The maximum Gasteiger partial charge on any atom is 0.155 e. The molecule has 1 aromatic carbocycles. The van der Waals surface area contributed by atoms with Gasteiger partial charge in [0.05, 0.1) is 5.69 Å². The number of pyridine rings is 1. The van der Waals surface area contributed by atoms with Gasteiger partial charge in [0, 0.05) is 5.69 Å². The number of nitrogens with one attached hydrogen (secondary N) is 1. The van der Waals surface area contributed by atoms with Crippen LogP contribution in [0.5, 0.6) is 0 Å². The third-order valence-corrected chi connectivity index (χ3v) is 2.96. The van der Waals surface area contributed by atoms with Gasteiger partial charge in [0.15, 0.2) is 5.82 Å². The highest BCUT2D eigenvalue weighted by Crippen LogP contribution is 2.26. The van der Waals surface area contributed by atoms with Gasteiger partial charge in [-0.05, 0) is 43.2 Å². The summed E-state index contributed by atoms with van der Waals surface area (Å²) in [6.07, 6.45) is 0. The van der Waals surface area contributed by atoms with E-state index in [2.05, 4.69) is 30.2 Å². The summed E-state index contributed by atoms with van der Waals surface area (Å²) in [6, 6.07) is 9.46. The lowest BCUT2D eigenvalue weighted by Gasteiger charge is -2.12. The van der Waals surface area contributed by atoms with Gasteiger partial charge in [-0.2, -0.15) is 0 Å². The number of halogens is 1. The number of aromatic nitrogens is 1. The Bertz CT molecular complexity index is 552. The Labute approximate surface area is 106 Å². The van der Waals surface area contributed by atoms with Gasteiger partial charge in [-0.1, -0.05) is 23.7 Å². The average Bonchev–Trinajstić information content (AvgIpc) is 2.30. The Balaban J connectivity index is 2.38. The number of rotatable bonds is 2. The number of nitrogen functional groups attached to an aromatic ring is 1. The third kappa shape index (κ3) is 2.50. The minimum atomic E-state index is 0.423. The van der Waals surface area contributed by atoms with Gasteiger partial charge < -0.3 is 11.1 Å². The Morgan fingerprint density at radius 1 is 1.18 bits per heavy atom. The quantitative estimate of drug-likeness (QED) is 0.796. The molecule has 3 nitrogen and oxygen atoms in total. The molecule has 0 atom stereocenters. The highest BCUT2D eigenvalue weighted by atomic mass is 35.5. The molecule has 0 aliphatic carbocycles. The van der Waals surface area contributed by atoms with E-state index in [0.29, 0.717) is 16.7 Å². The predicted octanol–water partition coefficient (Wildman–Crippen LogP) is 3.68. The summed E-state index contributed by atoms with van der Waals surface area (Å²) in [7, 11) is 0. The fraction of sp³-hybridized carbons (Fsp3) is 0.154. The summed E-state index contributed by atoms with van der Waals surface area (Å²) in [4.78, 5) is 4.17. The molecule has 2 aromatic rings. The van der Waals surface area contributed by atoms with E-state index in [0.717, 1.165) is 5.69 Å². The molecular weight excluding hydrogens is 234 g/mol. The first-order valence-corrected chi connectivity index (χ1v) is 5.71. The van der Waals surface area contributed by atoms with Gasteiger partial charge in [-0.25, -0.2) is 4.98 Å². The topological polar surface area (TPSA) is 50.9 Å². The minimum Gasteiger partial charge on any atom is -0.396 e. The first-order valence-electron chi connectivity index (χ1n) is 5.33. The van der Waals surface area contributed by atoms with Crippen LogP contribution in [0, 0.1) is 13.8 Å². The van der Waals surface area contributed by atoms with Crippen molar-refractivity contribution in [3.05, 3.63) is 46.6 Å². The molecule has 17 heavy (non-hydrogen) atoms. The molecule has 0 radical (unpaired) electrons.